The van der Waals surface area contributed by atoms with Crippen molar-refractivity contribution in [2.75, 3.05) is 0 Å². The molecule has 2 N–H and O–H groups in total. The maximum absolute atomic E-state index is 11.3. The van der Waals surface area contributed by atoms with Gasteiger partial charge in [-0.1, -0.05) is 55.1 Å². The van der Waals surface area contributed by atoms with Gasteiger partial charge in [-0.2, -0.15) is 31.2 Å². The molecule has 0 aliphatic heterocycles. The lowest BCUT2D eigenvalue weighted by atomic mass is 10.1. The van der Waals surface area contributed by atoms with Crippen molar-refractivity contribution in [3.63, 3.8) is 0 Å². The Morgan fingerprint density at radius 2 is 1.38 bits per heavy atom. The minimum atomic E-state index is -6.15. The summed E-state index contributed by atoms with van der Waals surface area (Å²) in [5, 5.41) is 17.6. The molecular formula is C15H12F6O3. The average Bonchev–Trinajstić information content (AvgIpc) is 2.51. The van der Waals surface area contributed by atoms with Crippen LogP contribution in [0.2, 0.25) is 0 Å². The SMILES string of the molecule is C=Cc1cccc2ccccc12.OOC(O)(C(F)(F)F)C(F)(F)F. The summed E-state index contributed by atoms with van der Waals surface area (Å²) >= 11 is 0. The van der Waals surface area contributed by atoms with Crippen LogP contribution in [0.5, 0.6) is 0 Å². The summed E-state index contributed by atoms with van der Waals surface area (Å²) in [6, 6.07) is 14.6. The number of benzene rings is 2. The first kappa shape index (κ1) is 19.9. The number of aliphatic hydroxyl groups is 1. The van der Waals surface area contributed by atoms with Crippen molar-refractivity contribution in [3.05, 3.63) is 54.6 Å². The number of rotatable bonds is 2. The van der Waals surface area contributed by atoms with Gasteiger partial charge in [0.05, 0.1) is 0 Å². The monoisotopic (exact) mass is 354 g/mol. The van der Waals surface area contributed by atoms with Gasteiger partial charge in [0.1, 0.15) is 0 Å². The fourth-order valence-electron chi connectivity index (χ4n) is 1.69. The van der Waals surface area contributed by atoms with Gasteiger partial charge in [0.25, 0.3) is 0 Å². The molecule has 0 bridgehead atoms. The molecule has 0 amide bonds. The molecule has 0 saturated carbocycles. The van der Waals surface area contributed by atoms with Crippen LogP contribution in [0, 0.1) is 0 Å². The standard InChI is InChI=1S/C12H10.C3H2F6O3/c1-2-10-7-5-8-11-6-3-4-9-12(10)11;4-2(5,6)1(10,12-11)3(7,8)9/h2-9H,1H2;10-11H. The van der Waals surface area contributed by atoms with Crippen LogP contribution in [0.1, 0.15) is 5.56 Å². The van der Waals surface area contributed by atoms with E-state index in [9.17, 15) is 26.3 Å². The van der Waals surface area contributed by atoms with Crippen molar-refractivity contribution in [2.45, 2.75) is 18.1 Å². The summed E-state index contributed by atoms with van der Waals surface area (Å²) < 4.78 is 68.1. The van der Waals surface area contributed by atoms with Crippen LogP contribution >= 0.6 is 0 Å². The van der Waals surface area contributed by atoms with Crippen LogP contribution in [0.25, 0.3) is 16.8 Å². The Hall–Kier alpha value is -2.10. The zero-order valence-electron chi connectivity index (χ0n) is 11.9. The third-order valence-electron chi connectivity index (χ3n) is 2.94. The van der Waals surface area contributed by atoms with Crippen LogP contribution < -0.4 is 0 Å². The molecule has 2 rings (SSSR count). The van der Waals surface area contributed by atoms with Gasteiger partial charge >= 0.3 is 18.1 Å². The fourth-order valence-corrected chi connectivity index (χ4v) is 1.69. The number of halogens is 6. The molecule has 0 aliphatic carbocycles. The van der Waals surface area contributed by atoms with Crippen molar-refractivity contribution in [3.8, 4) is 0 Å². The van der Waals surface area contributed by atoms with E-state index in [0.717, 1.165) is 0 Å². The van der Waals surface area contributed by atoms with Crippen molar-refractivity contribution >= 4 is 16.8 Å². The largest absolute Gasteiger partial charge is 0.455 e. The Morgan fingerprint density at radius 3 is 1.79 bits per heavy atom. The quantitative estimate of drug-likeness (QED) is 0.353. The second-order valence-electron chi connectivity index (χ2n) is 4.50. The minimum Gasteiger partial charge on any atom is -0.349 e. The molecule has 2 aromatic carbocycles. The normalized spacial score (nSPS) is 12.5. The van der Waals surface area contributed by atoms with E-state index in [0.29, 0.717) is 0 Å². The maximum atomic E-state index is 11.3. The Kier molecular flexibility index (Phi) is 5.99. The molecule has 0 atom stereocenters. The molecule has 0 radical (unpaired) electrons. The Labute approximate surface area is 132 Å². The van der Waals surface area contributed by atoms with E-state index in [-0.39, 0.29) is 0 Å². The van der Waals surface area contributed by atoms with E-state index in [1.54, 1.807) is 0 Å². The second kappa shape index (κ2) is 7.20. The smallest absolute Gasteiger partial charge is 0.349 e. The highest BCUT2D eigenvalue weighted by atomic mass is 19.4. The topological polar surface area (TPSA) is 49.7 Å². The van der Waals surface area contributed by atoms with Gasteiger partial charge in [0.2, 0.25) is 0 Å². The van der Waals surface area contributed by atoms with Gasteiger partial charge in [-0.3, -0.25) is 0 Å². The zero-order chi connectivity index (χ0) is 18.6. The van der Waals surface area contributed by atoms with Crippen molar-refractivity contribution < 1.29 is 41.6 Å². The number of fused-ring (bicyclic) bond motifs is 1. The summed E-state index contributed by atoms with van der Waals surface area (Å²) in [6.45, 7) is 3.78. The first-order valence-electron chi connectivity index (χ1n) is 6.26. The first-order chi connectivity index (χ1) is 11.0. The van der Waals surface area contributed by atoms with Gasteiger partial charge in [-0.15, -0.1) is 0 Å². The predicted octanol–water partition coefficient (Wildman–Crippen LogP) is 4.77. The van der Waals surface area contributed by atoms with E-state index in [4.69, 9.17) is 10.4 Å². The van der Waals surface area contributed by atoms with Crippen LogP contribution in [0.3, 0.4) is 0 Å². The van der Waals surface area contributed by atoms with E-state index >= 15 is 0 Å². The third kappa shape index (κ3) is 4.05. The highest BCUT2D eigenvalue weighted by Crippen LogP contribution is 2.43. The van der Waals surface area contributed by atoms with Gasteiger partial charge in [-0.25, -0.2) is 5.26 Å². The Bertz CT molecular complexity index is 674. The van der Waals surface area contributed by atoms with Gasteiger partial charge < -0.3 is 5.11 Å². The lowest BCUT2D eigenvalue weighted by Gasteiger charge is -2.28. The summed E-state index contributed by atoms with van der Waals surface area (Å²) in [6.07, 6.45) is -10.4. The Balaban J connectivity index is 0.000000240. The van der Waals surface area contributed by atoms with E-state index in [1.807, 2.05) is 11.0 Å². The van der Waals surface area contributed by atoms with Crippen molar-refractivity contribution in [1.29, 1.82) is 0 Å². The predicted molar refractivity (Wildman–Crippen MR) is 74.8 cm³/mol. The molecule has 24 heavy (non-hydrogen) atoms. The molecule has 0 saturated heterocycles. The number of alkyl halides is 6. The molecule has 0 fully saturated rings. The van der Waals surface area contributed by atoms with Gasteiger partial charge in [-0.05, 0) is 16.3 Å². The molecular weight excluding hydrogens is 342 g/mol. The summed E-state index contributed by atoms with van der Waals surface area (Å²) in [5.41, 5.74) is 1.20. The Morgan fingerprint density at radius 1 is 0.875 bits per heavy atom. The first-order valence-corrected chi connectivity index (χ1v) is 6.26. The van der Waals surface area contributed by atoms with E-state index in [1.165, 1.54) is 16.3 Å². The average molecular weight is 354 g/mol. The highest BCUT2D eigenvalue weighted by molar-refractivity contribution is 5.90. The molecule has 132 valence electrons. The third-order valence-corrected chi connectivity index (χ3v) is 2.94. The van der Waals surface area contributed by atoms with Gasteiger partial charge in [0.15, 0.2) is 0 Å². The van der Waals surface area contributed by atoms with E-state index < -0.39 is 18.1 Å². The second-order valence-corrected chi connectivity index (χ2v) is 4.50. The van der Waals surface area contributed by atoms with Crippen LogP contribution in [0.15, 0.2) is 49.0 Å². The van der Waals surface area contributed by atoms with Crippen molar-refractivity contribution in [1.82, 2.24) is 0 Å². The summed E-state index contributed by atoms with van der Waals surface area (Å²) in [4.78, 5) is 1.97. The fraction of sp³-hybridized carbons (Fsp3) is 0.200. The molecule has 0 spiro atoms. The van der Waals surface area contributed by atoms with Crippen LogP contribution in [0.4, 0.5) is 26.3 Å². The number of hydrogen-bond acceptors (Lipinski definition) is 3. The molecule has 0 aromatic heterocycles. The van der Waals surface area contributed by atoms with E-state index in [2.05, 4.69) is 49.0 Å². The summed E-state index contributed by atoms with van der Waals surface area (Å²) in [7, 11) is 0. The molecule has 2 aromatic rings. The zero-order valence-corrected chi connectivity index (χ0v) is 11.9. The van der Waals surface area contributed by atoms with Crippen LogP contribution in [-0.4, -0.2) is 28.5 Å². The van der Waals surface area contributed by atoms with Gasteiger partial charge in [0, 0.05) is 0 Å². The molecule has 0 unspecified atom stereocenters. The maximum Gasteiger partial charge on any atom is 0.455 e. The van der Waals surface area contributed by atoms with Crippen LogP contribution in [-0.2, 0) is 4.89 Å². The summed E-state index contributed by atoms with van der Waals surface area (Å²) in [5.74, 6) is -5.53. The molecule has 3 nitrogen and oxygen atoms in total. The van der Waals surface area contributed by atoms with Crippen molar-refractivity contribution in [2.24, 2.45) is 0 Å². The lowest BCUT2D eigenvalue weighted by Crippen LogP contribution is -2.58. The number of hydrogen-bond donors (Lipinski definition) is 2. The lowest BCUT2D eigenvalue weighted by molar-refractivity contribution is -0.532. The minimum absolute atomic E-state index is 1.20. The molecule has 0 heterocycles. The highest BCUT2D eigenvalue weighted by Gasteiger charge is 2.73. The molecule has 0 aliphatic rings. The molecule has 9 heteroatoms.